The highest BCUT2D eigenvalue weighted by molar-refractivity contribution is 5.62. The van der Waals surface area contributed by atoms with Gasteiger partial charge in [0.1, 0.15) is 5.75 Å². The Morgan fingerprint density at radius 1 is 1.26 bits per heavy atom. The van der Waals surface area contributed by atoms with E-state index in [1.807, 2.05) is 0 Å². The molecular formula is C12H13F2N3O2. The minimum Gasteiger partial charge on any atom is -0.434 e. The van der Waals surface area contributed by atoms with Crippen molar-refractivity contribution in [2.24, 2.45) is 5.73 Å². The van der Waals surface area contributed by atoms with E-state index >= 15 is 0 Å². The van der Waals surface area contributed by atoms with Gasteiger partial charge in [0.15, 0.2) is 0 Å². The Kier molecular flexibility index (Phi) is 4.40. The van der Waals surface area contributed by atoms with Gasteiger partial charge in [-0.2, -0.15) is 8.78 Å². The van der Waals surface area contributed by atoms with Crippen LogP contribution in [0.25, 0.3) is 11.5 Å². The Morgan fingerprint density at radius 2 is 2.05 bits per heavy atom. The van der Waals surface area contributed by atoms with Gasteiger partial charge >= 0.3 is 6.61 Å². The number of rotatable bonds is 6. The summed E-state index contributed by atoms with van der Waals surface area (Å²) in [5.74, 6) is 0.585. The third-order valence-corrected chi connectivity index (χ3v) is 2.40. The molecule has 19 heavy (non-hydrogen) atoms. The Labute approximate surface area is 108 Å². The summed E-state index contributed by atoms with van der Waals surface area (Å²) in [5, 5.41) is 7.66. The van der Waals surface area contributed by atoms with Gasteiger partial charge in [-0.25, -0.2) is 0 Å². The van der Waals surface area contributed by atoms with Crippen LogP contribution in [0.5, 0.6) is 5.75 Å². The van der Waals surface area contributed by atoms with E-state index in [0.29, 0.717) is 24.4 Å². The molecule has 0 amide bonds. The zero-order valence-electron chi connectivity index (χ0n) is 10.1. The summed E-state index contributed by atoms with van der Waals surface area (Å²) in [6.45, 7) is -2.39. The molecule has 0 aliphatic rings. The van der Waals surface area contributed by atoms with Gasteiger partial charge in [0.2, 0.25) is 5.89 Å². The molecule has 2 rings (SSSR count). The summed E-state index contributed by atoms with van der Waals surface area (Å²) in [5.41, 5.74) is 5.72. The molecule has 2 N–H and O–H groups in total. The van der Waals surface area contributed by atoms with Crippen LogP contribution in [-0.4, -0.2) is 23.4 Å². The van der Waals surface area contributed by atoms with Crippen LogP contribution < -0.4 is 10.5 Å². The Morgan fingerprint density at radius 3 is 2.79 bits per heavy atom. The molecule has 2 aromatic rings. The van der Waals surface area contributed by atoms with Crippen LogP contribution in [-0.2, 0) is 6.42 Å². The van der Waals surface area contributed by atoms with E-state index < -0.39 is 6.61 Å². The lowest BCUT2D eigenvalue weighted by atomic mass is 10.2. The van der Waals surface area contributed by atoms with Gasteiger partial charge in [0.25, 0.3) is 5.89 Å². The van der Waals surface area contributed by atoms with Crippen LogP contribution in [0.3, 0.4) is 0 Å². The largest absolute Gasteiger partial charge is 0.434 e. The van der Waals surface area contributed by atoms with Crippen LogP contribution in [0.15, 0.2) is 28.7 Å². The second-order valence-electron chi connectivity index (χ2n) is 3.77. The van der Waals surface area contributed by atoms with Gasteiger partial charge in [0, 0.05) is 6.42 Å². The first-order chi connectivity index (χ1) is 9.20. The second kappa shape index (κ2) is 6.24. The van der Waals surface area contributed by atoms with Gasteiger partial charge < -0.3 is 14.9 Å². The quantitative estimate of drug-likeness (QED) is 0.870. The Balaban J connectivity index is 2.23. The number of hydrogen-bond acceptors (Lipinski definition) is 5. The average Bonchev–Trinajstić information content (AvgIpc) is 2.85. The molecule has 0 saturated heterocycles. The summed E-state index contributed by atoms with van der Waals surface area (Å²) in [6, 6.07) is 6.27. The van der Waals surface area contributed by atoms with Crippen molar-refractivity contribution in [3.05, 3.63) is 30.2 Å². The fraction of sp³-hybridized carbons (Fsp3) is 0.333. The number of para-hydroxylation sites is 1. The third kappa shape index (κ3) is 3.47. The standard InChI is InChI=1S/C12H13F2N3O2/c13-12(14)18-9-5-2-1-4-8(9)11-17-16-10(19-11)6-3-7-15/h1-2,4-5,12H,3,6-7,15H2. The van der Waals surface area contributed by atoms with E-state index in [4.69, 9.17) is 10.2 Å². The molecule has 1 aromatic carbocycles. The van der Waals surface area contributed by atoms with Crippen molar-refractivity contribution in [1.82, 2.24) is 10.2 Å². The molecule has 0 radical (unpaired) electrons. The zero-order chi connectivity index (χ0) is 13.7. The smallest absolute Gasteiger partial charge is 0.387 e. The van der Waals surface area contributed by atoms with E-state index in [2.05, 4.69) is 14.9 Å². The molecule has 0 unspecified atom stereocenters. The first-order valence-electron chi connectivity index (χ1n) is 5.77. The number of benzene rings is 1. The zero-order valence-corrected chi connectivity index (χ0v) is 10.1. The molecule has 0 fully saturated rings. The lowest BCUT2D eigenvalue weighted by Gasteiger charge is -2.07. The van der Waals surface area contributed by atoms with Crippen LogP contribution in [0.2, 0.25) is 0 Å². The monoisotopic (exact) mass is 269 g/mol. The molecule has 5 nitrogen and oxygen atoms in total. The molecule has 7 heteroatoms. The summed E-state index contributed by atoms with van der Waals surface area (Å²) >= 11 is 0. The maximum atomic E-state index is 12.3. The molecule has 0 spiro atoms. The lowest BCUT2D eigenvalue weighted by molar-refractivity contribution is -0.0495. The predicted octanol–water partition coefficient (Wildman–Crippen LogP) is 2.23. The number of halogens is 2. The van der Waals surface area contributed by atoms with Crippen molar-refractivity contribution >= 4 is 0 Å². The van der Waals surface area contributed by atoms with Crippen LogP contribution in [0.1, 0.15) is 12.3 Å². The van der Waals surface area contributed by atoms with Gasteiger partial charge in [-0.3, -0.25) is 0 Å². The Bertz CT molecular complexity index is 531. The second-order valence-corrected chi connectivity index (χ2v) is 3.77. The van der Waals surface area contributed by atoms with E-state index in [1.54, 1.807) is 18.2 Å². The summed E-state index contributed by atoms with van der Waals surface area (Å²) in [4.78, 5) is 0. The summed E-state index contributed by atoms with van der Waals surface area (Å²) in [6.07, 6.45) is 1.28. The van der Waals surface area contributed by atoms with Crippen LogP contribution >= 0.6 is 0 Å². The lowest BCUT2D eigenvalue weighted by Crippen LogP contribution is -2.03. The highest BCUT2D eigenvalue weighted by Gasteiger charge is 2.15. The highest BCUT2D eigenvalue weighted by atomic mass is 19.3. The molecule has 0 aliphatic heterocycles. The minimum atomic E-state index is -2.90. The topological polar surface area (TPSA) is 74.2 Å². The number of nitrogens with zero attached hydrogens (tertiary/aromatic N) is 2. The molecule has 1 heterocycles. The van der Waals surface area contributed by atoms with Crippen molar-refractivity contribution in [2.45, 2.75) is 19.5 Å². The maximum Gasteiger partial charge on any atom is 0.387 e. The van der Waals surface area contributed by atoms with Crippen molar-refractivity contribution < 1.29 is 17.9 Å². The molecule has 0 bridgehead atoms. The van der Waals surface area contributed by atoms with E-state index in [-0.39, 0.29) is 11.6 Å². The predicted molar refractivity (Wildman–Crippen MR) is 63.7 cm³/mol. The van der Waals surface area contributed by atoms with Gasteiger partial charge in [-0.15, -0.1) is 10.2 Å². The maximum absolute atomic E-state index is 12.3. The molecule has 0 aliphatic carbocycles. The van der Waals surface area contributed by atoms with E-state index in [0.717, 1.165) is 6.42 Å². The molecule has 0 atom stereocenters. The first-order valence-corrected chi connectivity index (χ1v) is 5.77. The molecule has 0 saturated carbocycles. The number of alkyl halides is 2. The number of nitrogens with two attached hydrogens (primary N) is 1. The third-order valence-electron chi connectivity index (χ3n) is 2.40. The van der Waals surface area contributed by atoms with Crippen molar-refractivity contribution in [3.63, 3.8) is 0 Å². The van der Waals surface area contributed by atoms with Crippen LogP contribution in [0.4, 0.5) is 8.78 Å². The van der Waals surface area contributed by atoms with Gasteiger partial charge in [-0.1, -0.05) is 12.1 Å². The average molecular weight is 269 g/mol. The van der Waals surface area contributed by atoms with Gasteiger partial charge in [-0.05, 0) is 25.1 Å². The van der Waals surface area contributed by atoms with Gasteiger partial charge in [0.05, 0.1) is 5.56 Å². The fourth-order valence-corrected chi connectivity index (χ4v) is 1.56. The molecular weight excluding hydrogens is 256 g/mol. The number of aromatic nitrogens is 2. The van der Waals surface area contributed by atoms with Crippen molar-refractivity contribution in [1.29, 1.82) is 0 Å². The van der Waals surface area contributed by atoms with E-state index in [9.17, 15) is 8.78 Å². The normalized spacial score (nSPS) is 10.9. The van der Waals surface area contributed by atoms with Crippen LogP contribution in [0, 0.1) is 0 Å². The summed E-state index contributed by atoms with van der Waals surface area (Å²) in [7, 11) is 0. The van der Waals surface area contributed by atoms with E-state index in [1.165, 1.54) is 6.07 Å². The molecule has 102 valence electrons. The fourth-order valence-electron chi connectivity index (χ4n) is 1.56. The SMILES string of the molecule is NCCCc1nnc(-c2ccccc2OC(F)F)o1. The number of ether oxygens (including phenoxy) is 1. The summed E-state index contributed by atoms with van der Waals surface area (Å²) < 4.78 is 34.4. The van der Waals surface area contributed by atoms with Crippen molar-refractivity contribution in [3.8, 4) is 17.2 Å². The van der Waals surface area contributed by atoms with Crippen molar-refractivity contribution in [2.75, 3.05) is 6.54 Å². The first kappa shape index (κ1) is 13.4. The Hall–Kier alpha value is -2.02. The highest BCUT2D eigenvalue weighted by Crippen LogP contribution is 2.29. The molecule has 1 aromatic heterocycles. The minimum absolute atomic E-state index is 0.00604. The number of aryl methyl sites for hydroxylation is 1. The number of hydrogen-bond donors (Lipinski definition) is 1.